The lowest BCUT2D eigenvalue weighted by Crippen LogP contribution is -2.50. The molecule has 1 N–H and O–H groups in total. The monoisotopic (exact) mass is 319 g/mol. The van der Waals surface area contributed by atoms with Crippen LogP contribution in [-0.2, 0) is 0 Å². The predicted molar refractivity (Wildman–Crippen MR) is 94.1 cm³/mol. The van der Waals surface area contributed by atoms with Gasteiger partial charge < -0.3 is 19.9 Å². The van der Waals surface area contributed by atoms with Crippen LogP contribution in [0.4, 0.5) is 10.5 Å². The lowest BCUT2D eigenvalue weighted by Gasteiger charge is -2.37. The van der Waals surface area contributed by atoms with Gasteiger partial charge in [0.2, 0.25) is 0 Å². The van der Waals surface area contributed by atoms with E-state index in [2.05, 4.69) is 25.2 Å². The third-order valence-electron chi connectivity index (χ3n) is 4.42. The van der Waals surface area contributed by atoms with Crippen LogP contribution in [-0.4, -0.2) is 54.7 Å². The molecule has 23 heavy (non-hydrogen) atoms. The number of nitrogens with zero attached hydrogens (tertiary/aromatic N) is 2. The normalized spacial score (nSPS) is 15.6. The highest BCUT2D eigenvalue weighted by Gasteiger charge is 2.26. The van der Waals surface area contributed by atoms with Crippen LogP contribution in [0.15, 0.2) is 24.3 Å². The zero-order valence-corrected chi connectivity index (χ0v) is 14.7. The number of amides is 2. The van der Waals surface area contributed by atoms with Gasteiger partial charge in [-0.15, -0.1) is 0 Å². The van der Waals surface area contributed by atoms with E-state index < -0.39 is 0 Å². The molecule has 0 spiro atoms. The molecular formula is C18H29N3O2. The largest absolute Gasteiger partial charge is 0.497 e. The number of hydrogen-bond acceptors (Lipinski definition) is 3. The van der Waals surface area contributed by atoms with Gasteiger partial charge in [0, 0.05) is 43.5 Å². The number of anilines is 1. The molecule has 1 fully saturated rings. The molecule has 1 saturated heterocycles. The van der Waals surface area contributed by atoms with Crippen molar-refractivity contribution in [1.29, 1.82) is 0 Å². The Balaban J connectivity index is 1.87. The molecule has 0 radical (unpaired) electrons. The van der Waals surface area contributed by atoms with Crippen molar-refractivity contribution >= 4 is 11.7 Å². The molecule has 1 aromatic carbocycles. The van der Waals surface area contributed by atoms with Crippen LogP contribution in [0.25, 0.3) is 0 Å². The highest BCUT2D eigenvalue weighted by atomic mass is 16.5. The second kappa shape index (κ2) is 8.09. The topological polar surface area (TPSA) is 44.8 Å². The van der Waals surface area contributed by atoms with E-state index in [1.807, 2.05) is 34.9 Å². The highest BCUT2D eigenvalue weighted by Crippen LogP contribution is 2.21. The fourth-order valence-electron chi connectivity index (χ4n) is 3.07. The molecule has 1 heterocycles. The van der Waals surface area contributed by atoms with Crippen molar-refractivity contribution in [3.8, 4) is 5.75 Å². The molecule has 0 unspecified atom stereocenters. The summed E-state index contributed by atoms with van der Waals surface area (Å²) in [5, 5.41) is 3.55. The van der Waals surface area contributed by atoms with Crippen molar-refractivity contribution in [3.63, 3.8) is 0 Å². The molecule has 128 valence electrons. The number of hydrogen-bond donors (Lipinski definition) is 1. The first-order valence-electron chi connectivity index (χ1n) is 8.51. The number of likely N-dealkylation sites (tertiary alicyclic amines) is 1. The van der Waals surface area contributed by atoms with Crippen molar-refractivity contribution in [2.24, 2.45) is 0 Å². The van der Waals surface area contributed by atoms with Gasteiger partial charge in [0.1, 0.15) is 5.75 Å². The van der Waals surface area contributed by atoms with E-state index in [4.69, 9.17) is 4.74 Å². The van der Waals surface area contributed by atoms with Crippen molar-refractivity contribution in [2.75, 3.05) is 32.1 Å². The van der Waals surface area contributed by atoms with E-state index in [0.29, 0.717) is 6.04 Å². The molecular weight excluding hydrogens is 290 g/mol. The fraction of sp³-hybridized carbons (Fsp3) is 0.611. The summed E-state index contributed by atoms with van der Waals surface area (Å²) in [7, 11) is 1.68. The van der Waals surface area contributed by atoms with Crippen molar-refractivity contribution in [3.05, 3.63) is 24.3 Å². The van der Waals surface area contributed by atoms with Gasteiger partial charge in [-0.1, -0.05) is 6.07 Å². The average Bonchev–Trinajstić information content (AvgIpc) is 2.56. The van der Waals surface area contributed by atoms with Gasteiger partial charge in [0.25, 0.3) is 0 Å². The first-order chi connectivity index (χ1) is 11.0. The van der Waals surface area contributed by atoms with Crippen molar-refractivity contribution in [1.82, 2.24) is 9.80 Å². The van der Waals surface area contributed by atoms with Gasteiger partial charge in [-0.25, -0.2) is 4.79 Å². The van der Waals surface area contributed by atoms with Crippen LogP contribution in [0.3, 0.4) is 0 Å². The van der Waals surface area contributed by atoms with E-state index in [0.717, 1.165) is 43.9 Å². The number of ether oxygens (including phenoxy) is 1. The number of carbonyl (C=O) groups is 1. The summed E-state index contributed by atoms with van der Waals surface area (Å²) in [5.41, 5.74) is 1.08. The molecule has 5 nitrogen and oxygen atoms in total. The molecule has 1 aliphatic rings. The number of methoxy groups -OCH3 is 1. The molecule has 0 saturated carbocycles. The summed E-state index contributed by atoms with van der Waals surface area (Å²) < 4.78 is 5.26. The number of nitrogens with one attached hydrogen (secondary N) is 1. The van der Waals surface area contributed by atoms with E-state index in [1.54, 1.807) is 7.11 Å². The Labute approximate surface area is 139 Å². The Morgan fingerprint density at radius 2 is 2.09 bits per heavy atom. The van der Waals surface area contributed by atoms with E-state index in [-0.39, 0.29) is 12.1 Å². The Kier molecular flexibility index (Phi) is 6.13. The molecule has 0 aliphatic carbocycles. The fourth-order valence-corrected chi connectivity index (χ4v) is 3.07. The molecule has 1 aromatic rings. The predicted octanol–water partition coefficient (Wildman–Crippen LogP) is 3.42. The summed E-state index contributed by atoms with van der Waals surface area (Å²) in [5.74, 6) is 0.859. The molecule has 0 bridgehead atoms. The summed E-state index contributed by atoms with van der Waals surface area (Å²) >= 11 is 0. The summed E-state index contributed by atoms with van der Waals surface area (Å²) in [6.45, 7) is 8.55. The Morgan fingerprint density at radius 1 is 1.39 bits per heavy atom. The Hall–Kier alpha value is -1.91. The zero-order valence-electron chi connectivity index (χ0n) is 14.7. The number of rotatable bonds is 5. The summed E-state index contributed by atoms with van der Waals surface area (Å²) in [4.78, 5) is 16.4. The van der Waals surface area contributed by atoms with Gasteiger partial charge in [-0.2, -0.15) is 0 Å². The van der Waals surface area contributed by atoms with Gasteiger partial charge in [-0.3, -0.25) is 0 Å². The van der Waals surface area contributed by atoms with Crippen LogP contribution in [0.2, 0.25) is 0 Å². The second-order valence-electron chi connectivity index (χ2n) is 6.30. The van der Waals surface area contributed by atoms with E-state index >= 15 is 0 Å². The minimum atomic E-state index is 0.169. The van der Waals surface area contributed by atoms with Crippen LogP contribution in [0.1, 0.15) is 33.6 Å². The highest BCUT2D eigenvalue weighted by molar-refractivity contribution is 5.74. The first kappa shape index (κ1) is 17.4. The van der Waals surface area contributed by atoms with E-state index in [9.17, 15) is 4.79 Å². The average molecular weight is 319 g/mol. The van der Waals surface area contributed by atoms with Crippen LogP contribution in [0.5, 0.6) is 5.75 Å². The Morgan fingerprint density at radius 3 is 2.65 bits per heavy atom. The minimum Gasteiger partial charge on any atom is -0.497 e. The minimum absolute atomic E-state index is 0.169. The van der Waals surface area contributed by atoms with Crippen LogP contribution in [0, 0.1) is 0 Å². The van der Waals surface area contributed by atoms with Gasteiger partial charge >= 0.3 is 6.03 Å². The van der Waals surface area contributed by atoms with Crippen molar-refractivity contribution in [2.45, 2.75) is 45.7 Å². The third-order valence-corrected chi connectivity index (χ3v) is 4.42. The molecule has 1 aliphatic heterocycles. The lowest BCUT2D eigenvalue weighted by molar-refractivity contribution is 0.132. The second-order valence-corrected chi connectivity index (χ2v) is 6.30. The smallest absolute Gasteiger partial charge is 0.320 e. The number of urea groups is 1. The SMILES string of the molecule is CCN(C(=O)N1CCC(Nc2cccc(OC)c2)CC1)C(C)C. The van der Waals surface area contributed by atoms with E-state index in [1.165, 1.54) is 0 Å². The lowest BCUT2D eigenvalue weighted by atomic mass is 10.0. The maximum absolute atomic E-state index is 12.5. The van der Waals surface area contributed by atoms with Crippen LogP contribution < -0.4 is 10.1 Å². The van der Waals surface area contributed by atoms with Gasteiger partial charge in [0.05, 0.1) is 7.11 Å². The molecule has 2 rings (SSSR count). The summed E-state index contributed by atoms with van der Waals surface area (Å²) in [6.07, 6.45) is 1.94. The zero-order chi connectivity index (χ0) is 16.8. The number of benzene rings is 1. The Bertz CT molecular complexity index is 511. The quantitative estimate of drug-likeness (QED) is 0.904. The summed E-state index contributed by atoms with van der Waals surface area (Å²) in [6, 6.07) is 8.81. The first-order valence-corrected chi connectivity index (χ1v) is 8.51. The molecule has 0 aromatic heterocycles. The third kappa shape index (κ3) is 4.53. The van der Waals surface area contributed by atoms with Crippen LogP contribution >= 0.6 is 0 Å². The molecule has 2 amide bonds. The molecule has 0 atom stereocenters. The van der Waals surface area contributed by atoms with Gasteiger partial charge in [0.15, 0.2) is 0 Å². The van der Waals surface area contributed by atoms with Crippen molar-refractivity contribution < 1.29 is 9.53 Å². The van der Waals surface area contributed by atoms with Gasteiger partial charge in [-0.05, 0) is 45.7 Å². The maximum atomic E-state index is 12.5. The standard InChI is InChI=1S/C18H29N3O2/c1-5-21(14(2)3)18(22)20-11-9-15(10-12-20)19-16-7-6-8-17(13-16)23-4/h6-8,13-15,19H,5,9-12H2,1-4H3. The number of piperidine rings is 1. The number of carbonyl (C=O) groups excluding carboxylic acids is 1. The maximum Gasteiger partial charge on any atom is 0.320 e. The molecule has 5 heteroatoms.